The van der Waals surface area contributed by atoms with Crippen molar-refractivity contribution in [1.82, 2.24) is 0 Å². The first-order valence-electron chi connectivity index (χ1n) is 5.74. The minimum Gasteiger partial charge on any atom is -0.465 e. The van der Waals surface area contributed by atoms with Crippen LogP contribution in [0.2, 0.25) is 0 Å². The van der Waals surface area contributed by atoms with Crippen molar-refractivity contribution in [3.05, 3.63) is 42.5 Å². The fraction of sp³-hybridized carbons (Fsp3) is 0.286. The maximum absolute atomic E-state index is 11.6. The summed E-state index contributed by atoms with van der Waals surface area (Å²) < 4.78 is 9.89. The molecule has 0 saturated heterocycles. The highest BCUT2D eigenvalue weighted by atomic mass is 16.5. The quantitative estimate of drug-likeness (QED) is 0.441. The predicted molar refractivity (Wildman–Crippen MR) is 67.1 cm³/mol. The second kappa shape index (κ2) is 7.27. The number of para-hydroxylation sites is 1. The van der Waals surface area contributed by atoms with E-state index in [0.29, 0.717) is 12.4 Å². The number of hydrogen-bond donors (Lipinski definition) is 0. The number of rotatable bonds is 6. The van der Waals surface area contributed by atoms with Crippen LogP contribution in [0, 0.1) is 0 Å². The molecule has 1 rings (SSSR count). The highest BCUT2D eigenvalue weighted by Crippen LogP contribution is 2.12. The van der Waals surface area contributed by atoms with E-state index in [-0.39, 0.29) is 12.0 Å². The molecule has 4 heteroatoms. The van der Waals surface area contributed by atoms with Gasteiger partial charge in [0.2, 0.25) is 0 Å². The Morgan fingerprint density at radius 3 is 2.50 bits per heavy atom. The van der Waals surface area contributed by atoms with Crippen molar-refractivity contribution < 1.29 is 19.1 Å². The summed E-state index contributed by atoms with van der Waals surface area (Å²) in [5.74, 6) is -0.660. The van der Waals surface area contributed by atoms with Crippen molar-refractivity contribution in [3.63, 3.8) is 0 Å². The summed E-state index contributed by atoms with van der Waals surface area (Å²) in [4.78, 5) is 22.9. The van der Waals surface area contributed by atoms with E-state index in [1.807, 2.05) is 13.0 Å². The smallest absolute Gasteiger partial charge is 0.339 e. The molecular formula is C14H16O4. The number of carbonyl (C=O) groups is 2. The van der Waals surface area contributed by atoms with Gasteiger partial charge in [0.05, 0.1) is 13.0 Å². The first-order chi connectivity index (χ1) is 8.63. The maximum Gasteiger partial charge on any atom is 0.339 e. The Labute approximate surface area is 106 Å². The topological polar surface area (TPSA) is 52.6 Å². The molecule has 0 spiro atoms. The highest BCUT2D eigenvalue weighted by molar-refractivity contribution is 5.94. The molecular weight excluding hydrogens is 232 g/mol. The van der Waals surface area contributed by atoms with Gasteiger partial charge in [0.1, 0.15) is 5.75 Å². The molecule has 1 aromatic carbocycles. The first kappa shape index (κ1) is 14.0. The largest absolute Gasteiger partial charge is 0.465 e. The van der Waals surface area contributed by atoms with E-state index < -0.39 is 11.9 Å². The Kier molecular flexibility index (Phi) is 5.64. The Bertz CT molecular complexity index is 423. The average Bonchev–Trinajstić information content (AvgIpc) is 2.37. The van der Waals surface area contributed by atoms with Crippen molar-refractivity contribution in [2.24, 2.45) is 0 Å². The maximum atomic E-state index is 11.6. The van der Waals surface area contributed by atoms with Crippen molar-refractivity contribution in [2.45, 2.75) is 19.8 Å². The van der Waals surface area contributed by atoms with Crippen molar-refractivity contribution in [2.75, 3.05) is 6.61 Å². The van der Waals surface area contributed by atoms with E-state index in [1.165, 1.54) is 0 Å². The summed E-state index contributed by atoms with van der Waals surface area (Å²) >= 11 is 0. The Morgan fingerprint density at radius 1 is 1.22 bits per heavy atom. The van der Waals surface area contributed by atoms with E-state index >= 15 is 0 Å². The van der Waals surface area contributed by atoms with Gasteiger partial charge in [-0.1, -0.05) is 31.7 Å². The van der Waals surface area contributed by atoms with E-state index in [2.05, 4.69) is 6.58 Å². The van der Waals surface area contributed by atoms with Crippen LogP contribution in [0.5, 0.6) is 5.75 Å². The molecule has 0 aromatic heterocycles. The zero-order valence-electron chi connectivity index (χ0n) is 10.3. The molecule has 0 heterocycles. The van der Waals surface area contributed by atoms with Crippen LogP contribution in [0.1, 0.15) is 19.8 Å². The van der Waals surface area contributed by atoms with Crippen molar-refractivity contribution in [3.8, 4) is 5.75 Å². The lowest BCUT2D eigenvalue weighted by molar-refractivity contribution is -0.144. The van der Waals surface area contributed by atoms with Crippen LogP contribution in [-0.4, -0.2) is 18.5 Å². The molecule has 0 amide bonds. The van der Waals surface area contributed by atoms with Crippen molar-refractivity contribution in [1.29, 1.82) is 0 Å². The average molecular weight is 248 g/mol. The predicted octanol–water partition coefficient (Wildman–Crippen LogP) is 2.49. The molecule has 4 nitrogen and oxygen atoms in total. The molecule has 0 aliphatic carbocycles. The molecule has 1 aromatic rings. The van der Waals surface area contributed by atoms with Gasteiger partial charge in [-0.2, -0.15) is 0 Å². The number of carbonyl (C=O) groups excluding carboxylic acids is 2. The number of esters is 2. The van der Waals surface area contributed by atoms with Gasteiger partial charge in [0, 0.05) is 5.57 Å². The van der Waals surface area contributed by atoms with Crippen molar-refractivity contribution >= 4 is 11.9 Å². The molecule has 0 saturated carbocycles. The van der Waals surface area contributed by atoms with Crippen LogP contribution in [0.4, 0.5) is 0 Å². The van der Waals surface area contributed by atoms with E-state index in [9.17, 15) is 9.59 Å². The van der Waals surface area contributed by atoms with Crippen LogP contribution in [0.15, 0.2) is 42.5 Å². The number of ether oxygens (including phenoxy) is 2. The molecule has 96 valence electrons. The summed E-state index contributed by atoms with van der Waals surface area (Å²) in [5.41, 5.74) is 0.0833. The standard InChI is InChI=1S/C14H16O4/c1-3-9-17-13(15)10-11(2)14(16)18-12-7-5-4-6-8-12/h4-8H,2-3,9-10H2,1H3. The van der Waals surface area contributed by atoms with Crippen LogP contribution in [0.3, 0.4) is 0 Å². The molecule has 18 heavy (non-hydrogen) atoms. The van der Waals surface area contributed by atoms with Gasteiger partial charge < -0.3 is 9.47 Å². The summed E-state index contributed by atoms with van der Waals surface area (Å²) in [6, 6.07) is 8.62. The van der Waals surface area contributed by atoms with Crippen LogP contribution in [-0.2, 0) is 14.3 Å². The molecule has 0 fully saturated rings. The molecule has 0 unspecified atom stereocenters. The summed E-state index contributed by atoms with van der Waals surface area (Å²) in [5, 5.41) is 0. The molecule has 0 radical (unpaired) electrons. The molecule has 0 aliphatic rings. The summed E-state index contributed by atoms with van der Waals surface area (Å²) in [6.07, 6.45) is 0.596. The molecule has 0 bridgehead atoms. The van der Waals surface area contributed by atoms with Gasteiger partial charge in [0.25, 0.3) is 0 Å². The minimum absolute atomic E-state index is 0.0833. The fourth-order valence-electron chi connectivity index (χ4n) is 1.18. The third-order valence-electron chi connectivity index (χ3n) is 2.07. The zero-order chi connectivity index (χ0) is 13.4. The van der Waals surface area contributed by atoms with Crippen LogP contribution < -0.4 is 4.74 Å². The molecule has 0 N–H and O–H groups in total. The minimum atomic E-state index is -0.616. The third-order valence-corrected chi connectivity index (χ3v) is 2.07. The van der Waals surface area contributed by atoms with Gasteiger partial charge in [-0.05, 0) is 18.6 Å². The fourth-order valence-corrected chi connectivity index (χ4v) is 1.18. The number of benzene rings is 1. The van der Waals surface area contributed by atoms with Gasteiger partial charge in [0.15, 0.2) is 0 Å². The Morgan fingerprint density at radius 2 is 1.89 bits per heavy atom. The first-order valence-corrected chi connectivity index (χ1v) is 5.74. The monoisotopic (exact) mass is 248 g/mol. The molecule has 0 atom stereocenters. The van der Waals surface area contributed by atoms with Crippen LogP contribution in [0.25, 0.3) is 0 Å². The second-order valence-electron chi connectivity index (χ2n) is 3.70. The lowest BCUT2D eigenvalue weighted by atomic mass is 10.2. The second-order valence-corrected chi connectivity index (χ2v) is 3.70. The normalized spacial score (nSPS) is 9.61. The van der Waals surface area contributed by atoms with E-state index in [1.54, 1.807) is 24.3 Å². The highest BCUT2D eigenvalue weighted by Gasteiger charge is 2.14. The number of hydrogen-bond acceptors (Lipinski definition) is 4. The van der Waals surface area contributed by atoms with Gasteiger partial charge in [-0.3, -0.25) is 4.79 Å². The SMILES string of the molecule is C=C(CC(=O)OCCC)C(=O)Oc1ccccc1. The van der Waals surface area contributed by atoms with E-state index in [0.717, 1.165) is 6.42 Å². The lowest BCUT2D eigenvalue weighted by Gasteiger charge is -2.06. The van der Waals surface area contributed by atoms with Gasteiger partial charge >= 0.3 is 11.9 Å². The Hall–Kier alpha value is -2.10. The van der Waals surface area contributed by atoms with Crippen LogP contribution >= 0.6 is 0 Å². The van der Waals surface area contributed by atoms with E-state index in [4.69, 9.17) is 9.47 Å². The molecule has 0 aliphatic heterocycles. The van der Waals surface area contributed by atoms with Gasteiger partial charge in [-0.15, -0.1) is 0 Å². The lowest BCUT2D eigenvalue weighted by Crippen LogP contribution is -2.15. The van der Waals surface area contributed by atoms with Gasteiger partial charge in [-0.25, -0.2) is 4.79 Å². The third kappa shape index (κ3) is 4.82. The summed E-state index contributed by atoms with van der Waals surface area (Å²) in [7, 11) is 0. The zero-order valence-corrected chi connectivity index (χ0v) is 10.3. The Balaban J connectivity index is 2.42. The summed E-state index contributed by atoms with van der Waals surface area (Å²) in [6.45, 7) is 5.77.